The van der Waals surface area contributed by atoms with Crippen molar-refractivity contribution in [1.82, 2.24) is 10.6 Å². The normalized spacial score (nSPS) is 15.8. The second-order valence-corrected chi connectivity index (χ2v) is 6.73. The van der Waals surface area contributed by atoms with Crippen molar-refractivity contribution < 1.29 is 9.47 Å². The van der Waals surface area contributed by atoms with Gasteiger partial charge in [0.1, 0.15) is 5.75 Å². The Kier molecular flexibility index (Phi) is 9.56. The molecule has 6 heteroatoms. The Balaban J connectivity index is 0.00000312. The zero-order chi connectivity index (χ0) is 17.4. The quantitative estimate of drug-likeness (QED) is 0.354. The van der Waals surface area contributed by atoms with Crippen LogP contribution in [0.25, 0.3) is 0 Å². The van der Waals surface area contributed by atoms with Crippen molar-refractivity contribution in [2.45, 2.75) is 39.2 Å². The van der Waals surface area contributed by atoms with Crippen LogP contribution in [0.15, 0.2) is 23.2 Å². The molecule has 0 heterocycles. The number of methoxy groups -OCH3 is 2. The number of aryl methyl sites for hydroxylation is 1. The first-order valence-electron chi connectivity index (χ1n) is 8.69. The molecule has 1 fully saturated rings. The summed E-state index contributed by atoms with van der Waals surface area (Å²) in [5, 5.41) is 6.88. The van der Waals surface area contributed by atoms with E-state index in [1.165, 1.54) is 30.4 Å². The van der Waals surface area contributed by atoms with Crippen LogP contribution in [0.4, 0.5) is 0 Å². The highest BCUT2D eigenvalue weighted by Crippen LogP contribution is 2.43. The Morgan fingerprint density at radius 3 is 2.52 bits per heavy atom. The van der Waals surface area contributed by atoms with E-state index in [4.69, 9.17) is 9.47 Å². The molecule has 1 aliphatic rings. The molecule has 2 N–H and O–H groups in total. The molecular weight excluding hydrogens is 429 g/mol. The van der Waals surface area contributed by atoms with Crippen molar-refractivity contribution in [3.05, 3.63) is 29.3 Å². The van der Waals surface area contributed by atoms with E-state index in [0.717, 1.165) is 37.8 Å². The fourth-order valence-electron chi connectivity index (χ4n) is 3.23. The Bertz CT molecular complexity index is 560. The predicted molar refractivity (Wildman–Crippen MR) is 114 cm³/mol. The van der Waals surface area contributed by atoms with Crippen LogP contribution < -0.4 is 15.4 Å². The van der Waals surface area contributed by atoms with Gasteiger partial charge in [-0.2, -0.15) is 0 Å². The maximum Gasteiger partial charge on any atom is 0.191 e. The van der Waals surface area contributed by atoms with Gasteiger partial charge in [0.15, 0.2) is 5.96 Å². The van der Waals surface area contributed by atoms with Crippen LogP contribution in [-0.4, -0.2) is 40.4 Å². The minimum atomic E-state index is 0. The van der Waals surface area contributed by atoms with Crippen LogP contribution in [-0.2, 0) is 11.3 Å². The number of rotatable bonds is 8. The van der Waals surface area contributed by atoms with Crippen LogP contribution in [0.1, 0.15) is 36.8 Å². The molecule has 25 heavy (non-hydrogen) atoms. The molecule has 0 aliphatic heterocycles. The van der Waals surface area contributed by atoms with Crippen LogP contribution >= 0.6 is 24.0 Å². The summed E-state index contributed by atoms with van der Waals surface area (Å²) in [5.41, 5.74) is 2.76. The highest BCUT2D eigenvalue weighted by Gasteiger charge is 2.36. The number of guanidine groups is 1. The van der Waals surface area contributed by atoms with Crippen LogP contribution in [0, 0.1) is 12.3 Å². The van der Waals surface area contributed by atoms with Gasteiger partial charge in [0.05, 0.1) is 7.11 Å². The second-order valence-electron chi connectivity index (χ2n) is 6.73. The molecular formula is C19H32IN3O2. The molecule has 0 bridgehead atoms. The summed E-state index contributed by atoms with van der Waals surface area (Å²) in [6, 6.07) is 6.25. The average Bonchev–Trinajstić information content (AvgIpc) is 2.55. The number of nitrogens with zero attached hydrogens (tertiary/aromatic N) is 1. The zero-order valence-electron chi connectivity index (χ0n) is 15.9. The van der Waals surface area contributed by atoms with Gasteiger partial charge in [-0.25, -0.2) is 0 Å². The molecule has 1 aromatic rings. The van der Waals surface area contributed by atoms with Crippen molar-refractivity contribution >= 4 is 29.9 Å². The van der Waals surface area contributed by atoms with Gasteiger partial charge in [-0.3, -0.25) is 4.99 Å². The first kappa shape index (κ1) is 22.0. The van der Waals surface area contributed by atoms with Crippen molar-refractivity contribution in [2.24, 2.45) is 10.4 Å². The third-order valence-corrected chi connectivity index (χ3v) is 4.91. The van der Waals surface area contributed by atoms with Crippen molar-refractivity contribution in [3.63, 3.8) is 0 Å². The maximum absolute atomic E-state index is 5.34. The maximum atomic E-state index is 5.34. The van der Waals surface area contributed by atoms with E-state index in [0.29, 0.717) is 5.41 Å². The van der Waals surface area contributed by atoms with E-state index in [9.17, 15) is 0 Å². The Labute approximate surface area is 169 Å². The number of hydrogen-bond acceptors (Lipinski definition) is 3. The van der Waals surface area contributed by atoms with E-state index in [1.54, 1.807) is 14.2 Å². The van der Waals surface area contributed by atoms with Crippen LogP contribution in [0.3, 0.4) is 0 Å². The molecule has 5 nitrogen and oxygen atoms in total. The highest BCUT2D eigenvalue weighted by atomic mass is 127. The molecule has 1 saturated carbocycles. The Morgan fingerprint density at radius 2 is 1.96 bits per heavy atom. The number of hydrogen-bond donors (Lipinski definition) is 2. The molecule has 0 aromatic heterocycles. The molecule has 2 rings (SSSR count). The number of ether oxygens (including phenoxy) is 2. The second kappa shape index (κ2) is 10.9. The minimum absolute atomic E-state index is 0. The summed E-state index contributed by atoms with van der Waals surface area (Å²) in [5.74, 6) is 1.74. The summed E-state index contributed by atoms with van der Waals surface area (Å²) in [7, 11) is 5.29. The van der Waals surface area contributed by atoms with E-state index in [-0.39, 0.29) is 24.0 Å². The van der Waals surface area contributed by atoms with E-state index in [2.05, 4.69) is 34.7 Å². The van der Waals surface area contributed by atoms with Gasteiger partial charge in [-0.05, 0) is 54.9 Å². The fourth-order valence-corrected chi connectivity index (χ4v) is 3.23. The van der Waals surface area contributed by atoms with Crippen molar-refractivity contribution in [3.8, 4) is 5.75 Å². The van der Waals surface area contributed by atoms with E-state index < -0.39 is 0 Å². The number of halogens is 1. The lowest BCUT2D eigenvalue weighted by Gasteiger charge is -2.42. The van der Waals surface area contributed by atoms with E-state index in [1.807, 2.05) is 13.1 Å². The molecule has 0 radical (unpaired) electrons. The summed E-state index contributed by atoms with van der Waals surface area (Å²) >= 11 is 0. The van der Waals surface area contributed by atoms with Gasteiger partial charge < -0.3 is 20.1 Å². The van der Waals surface area contributed by atoms with Gasteiger partial charge in [-0.15, -0.1) is 24.0 Å². The van der Waals surface area contributed by atoms with Crippen LogP contribution in [0.2, 0.25) is 0 Å². The smallest absolute Gasteiger partial charge is 0.191 e. The molecule has 0 saturated heterocycles. The van der Waals surface area contributed by atoms with Gasteiger partial charge in [0, 0.05) is 33.9 Å². The van der Waals surface area contributed by atoms with E-state index >= 15 is 0 Å². The zero-order valence-corrected chi connectivity index (χ0v) is 18.2. The molecule has 0 unspecified atom stereocenters. The topological polar surface area (TPSA) is 54.9 Å². The Morgan fingerprint density at radius 1 is 1.20 bits per heavy atom. The van der Waals surface area contributed by atoms with Gasteiger partial charge >= 0.3 is 0 Å². The first-order valence-corrected chi connectivity index (χ1v) is 8.69. The Hall–Kier alpha value is -1.02. The molecule has 0 amide bonds. The van der Waals surface area contributed by atoms with Crippen molar-refractivity contribution in [2.75, 3.05) is 34.4 Å². The number of benzene rings is 1. The summed E-state index contributed by atoms with van der Waals surface area (Å²) in [6.07, 6.45) is 4.98. The largest absolute Gasteiger partial charge is 0.497 e. The van der Waals surface area contributed by atoms with Gasteiger partial charge in [0.2, 0.25) is 0 Å². The third-order valence-electron chi connectivity index (χ3n) is 4.91. The average molecular weight is 461 g/mol. The summed E-state index contributed by atoms with van der Waals surface area (Å²) < 4.78 is 10.6. The van der Waals surface area contributed by atoms with Crippen LogP contribution in [0.5, 0.6) is 5.75 Å². The SMILES string of the molecule is CN=C(NCc1cc(C)cc(OC)c1)NCC1(CCOC)CCC1.I. The number of aliphatic imine (C=N–C) groups is 1. The highest BCUT2D eigenvalue weighted by molar-refractivity contribution is 14.0. The monoisotopic (exact) mass is 461 g/mol. The number of nitrogens with one attached hydrogen (secondary N) is 2. The molecule has 142 valence electrons. The van der Waals surface area contributed by atoms with Crippen molar-refractivity contribution in [1.29, 1.82) is 0 Å². The third kappa shape index (κ3) is 6.66. The summed E-state index contributed by atoms with van der Waals surface area (Å²) in [6.45, 7) is 4.59. The van der Waals surface area contributed by atoms with Gasteiger partial charge in [0.25, 0.3) is 0 Å². The molecule has 0 spiro atoms. The first-order chi connectivity index (χ1) is 11.6. The molecule has 0 atom stereocenters. The summed E-state index contributed by atoms with van der Waals surface area (Å²) in [4.78, 5) is 4.34. The molecule has 1 aliphatic carbocycles. The minimum Gasteiger partial charge on any atom is -0.497 e. The standard InChI is InChI=1S/C19H31N3O2.HI/c1-15-10-16(12-17(11-15)24-4)13-21-18(20-2)22-14-19(6-5-7-19)8-9-23-3;/h10-12H,5-9,13-14H2,1-4H3,(H2,20,21,22);1H. The lowest BCUT2D eigenvalue weighted by molar-refractivity contribution is 0.0732. The van der Waals surface area contributed by atoms with Gasteiger partial charge in [-0.1, -0.05) is 12.5 Å². The lowest BCUT2D eigenvalue weighted by atomic mass is 9.67. The lowest BCUT2D eigenvalue weighted by Crippen LogP contribution is -2.46. The predicted octanol–water partition coefficient (Wildman–Crippen LogP) is 3.49. The molecule has 1 aromatic carbocycles. The fraction of sp³-hybridized carbons (Fsp3) is 0.632.